The third-order valence-electron chi connectivity index (χ3n) is 4.60. The average molecular weight is 394 g/mol. The van der Waals surface area contributed by atoms with Gasteiger partial charge in [0.25, 0.3) is 5.91 Å². The van der Waals surface area contributed by atoms with E-state index in [-0.39, 0.29) is 17.4 Å². The van der Waals surface area contributed by atoms with Gasteiger partial charge in [-0.2, -0.15) is 0 Å². The molecule has 28 heavy (non-hydrogen) atoms. The number of pyridine rings is 1. The van der Waals surface area contributed by atoms with E-state index in [0.717, 1.165) is 24.3 Å². The van der Waals surface area contributed by atoms with Crippen LogP contribution in [0.2, 0.25) is 0 Å². The highest BCUT2D eigenvalue weighted by Crippen LogP contribution is 2.28. The summed E-state index contributed by atoms with van der Waals surface area (Å²) < 4.78 is 0. The molecule has 0 radical (unpaired) electrons. The topological polar surface area (TPSA) is 95.2 Å². The molecule has 1 aliphatic heterocycles. The Kier molecular flexibility index (Phi) is 5.03. The number of amides is 2. The van der Waals surface area contributed by atoms with Gasteiger partial charge in [-0.05, 0) is 30.5 Å². The Hall–Kier alpha value is -3.26. The molecular formula is C20H18N4O3S. The number of anilines is 2. The number of benzene rings is 1. The molecule has 1 aliphatic rings. The third-order valence-corrected chi connectivity index (χ3v) is 5.41. The molecule has 3 aromatic rings. The van der Waals surface area contributed by atoms with E-state index in [4.69, 9.17) is 0 Å². The number of thiazole rings is 1. The molecule has 2 N–H and O–H groups in total. The smallest absolute Gasteiger partial charge is 0.258 e. The van der Waals surface area contributed by atoms with Crippen molar-refractivity contribution in [2.24, 2.45) is 0 Å². The molecule has 2 aromatic heterocycles. The van der Waals surface area contributed by atoms with Crippen molar-refractivity contribution in [2.75, 3.05) is 16.8 Å². The zero-order valence-corrected chi connectivity index (χ0v) is 15.8. The number of aryl methyl sites for hydroxylation is 1. The molecule has 3 heterocycles. The van der Waals surface area contributed by atoms with Crippen LogP contribution in [0.3, 0.4) is 0 Å². The van der Waals surface area contributed by atoms with E-state index in [9.17, 15) is 14.4 Å². The molecule has 1 aromatic carbocycles. The van der Waals surface area contributed by atoms with Gasteiger partial charge in [-0.3, -0.25) is 19.7 Å². The Labute approximate surface area is 165 Å². The summed E-state index contributed by atoms with van der Waals surface area (Å²) in [5, 5.41) is 5.01. The standard InChI is InChI=1S/C20H18N4O3S/c25-17-7-5-14(11-21-17)19(27)23-20-22-15(12-28-20)6-8-18(26)24-10-9-13-3-1-2-4-16(13)24/h1-5,7,11-12H,6,8-10H2,(H,21,25)(H,22,23,27). The molecule has 2 amide bonds. The summed E-state index contributed by atoms with van der Waals surface area (Å²) >= 11 is 1.31. The molecule has 0 fully saturated rings. The number of aromatic nitrogens is 2. The molecule has 142 valence electrons. The van der Waals surface area contributed by atoms with E-state index in [1.165, 1.54) is 35.2 Å². The molecule has 0 aliphatic carbocycles. The first kappa shape index (κ1) is 18.1. The molecule has 7 nitrogen and oxygen atoms in total. The summed E-state index contributed by atoms with van der Waals surface area (Å²) in [6.07, 6.45) is 3.13. The van der Waals surface area contributed by atoms with E-state index in [1.807, 2.05) is 28.5 Å². The van der Waals surface area contributed by atoms with Gasteiger partial charge >= 0.3 is 0 Å². The SMILES string of the molecule is O=C(Nc1nc(CCC(=O)N2CCc3ccccc32)cs1)c1ccc(=O)[nH]c1. The van der Waals surface area contributed by atoms with E-state index < -0.39 is 0 Å². The van der Waals surface area contributed by atoms with Crippen LogP contribution in [0, 0.1) is 0 Å². The highest BCUT2D eigenvalue weighted by atomic mass is 32.1. The molecule has 8 heteroatoms. The Balaban J connectivity index is 1.34. The van der Waals surface area contributed by atoms with Crippen molar-refractivity contribution in [3.05, 3.63) is 75.1 Å². The van der Waals surface area contributed by atoms with Gasteiger partial charge in [-0.15, -0.1) is 11.3 Å². The largest absolute Gasteiger partial charge is 0.328 e. The highest BCUT2D eigenvalue weighted by Gasteiger charge is 2.23. The van der Waals surface area contributed by atoms with Crippen LogP contribution in [-0.2, 0) is 17.6 Å². The van der Waals surface area contributed by atoms with Crippen LogP contribution >= 0.6 is 11.3 Å². The maximum atomic E-state index is 12.6. The number of nitrogens with zero attached hydrogens (tertiary/aromatic N) is 2. The summed E-state index contributed by atoms with van der Waals surface area (Å²) in [6, 6.07) is 10.7. The maximum Gasteiger partial charge on any atom is 0.258 e. The van der Waals surface area contributed by atoms with Crippen LogP contribution in [0.5, 0.6) is 0 Å². The Bertz CT molecular complexity index is 1070. The lowest BCUT2D eigenvalue weighted by Crippen LogP contribution is -2.29. The van der Waals surface area contributed by atoms with Gasteiger partial charge in [0.1, 0.15) is 0 Å². The predicted octanol–water partition coefficient (Wildman–Crippen LogP) is 2.61. The summed E-state index contributed by atoms with van der Waals surface area (Å²) in [7, 11) is 0. The van der Waals surface area contributed by atoms with Gasteiger partial charge in [0, 0.05) is 36.3 Å². The number of hydrogen-bond acceptors (Lipinski definition) is 5. The Morgan fingerprint density at radius 1 is 1.21 bits per heavy atom. The fourth-order valence-electron chi connectivity index (χ4n) is 3.17. The van der Waals surface area contributed by atoms with Gasteiger partial charge in [0.2, 0.25) is 11.5 Å². The monoisotopic (exact) mass is 394 g/mol. The summed E-state index contributed by atoms with van der Waals surface area (Å²) in [6.45, 7) is 0.718. The fourth-order valence-corrected chi connectivity index (χ4v) is 3.91. The van der Waals surface area contributed by atoms with E-state index >= 15 is 0 Å². The first-order chi connectivity index (χ1) is 13.6. The van der Waals surface area contributed by atoms with Crippen LogP contribution in [-0.4, -0.2) is 28.3 Å². The second-order valence-electron chi connectivity index (χ2n) is 6.46. The van der Waals surface area contributed by atoms with Gasteiger partial charge in [0.05, 0.1) is 11.3 Å². The second-order valence-corrected chi connectivity index (χ2v) is 7.32. The minimum absolute atomic E-state index is 0.0803. The molecule has 0 saturated heterocycles. The molecule has 0 atom stereocenters. The number of hydrogen-bond donors (Lipinski definition) is 2. The number of fused-ring (bicyclic) bond motifs is 1. The minimum atomic E-state index is -0.345. The highest BCUT2D eigenvalue weighted by molar-refractivity contribution is 7.14. The fraction of sp³-hybridized carbons (Fsp3) is 0.200. The van der Waals surface area contributed by atoms with E-state index in [1.54, 1.807) is 0 Å². The lowest BCUT2D eigenvalue weighted by atomic mass is 10.2. The first-order valence-electron chi connectivity index (χ1n) is 8.93. The lowest BCUT2D eigenvalue weighted by Gasteiger charge is -2.16. The number of nitrogens with one attached hydrogen (secondary N) is 2. The molecule has 4 rings (SSSR count). The quantitative estimate of drug-likeness (QED) is 0.695. The number of para-hydroxylation sites is 1. The third kappa shape index (κ3) is 3.86. The molecule has 0 saturated carbocycles. The van der Waals surface area contributed by atoms with Crippen LogP contribution in [0.4, 0.5) is 10.8 Å². The van der Waals surface area contributed by atoms with Crippen molar-refractivity contribution in [3.63, 3.8) is 0 Å². The van der Waals surface area contributed by atoms with Crippen LogP contribution in [0.1, 0.15) is 28.0 Å². The van der Waals surface area contributed by atoms with Crippen molar-refractivity contribution < 1.29 is 9.59 Å². The van der Waals surface area contributed by atoms with Crippen LogP contribution < -0.4 is 15.8 Å². The lowest BCUT2D eigenvalue weighted by molar-refractivity contribution is -0.118. The summed E-state index contributed by atoms with van der Waals surface area (Å²) in [4.78, 5) is 44.5. The van der Waals surface area contributed by atoms with Crippen molar-refractivity contribution in [1.82, 2.24) is 9.97 Å². The van der Waals surface area contributed by atoms with Crippen molar-refractivity contribution in [3.8, 4) is 0 Å². The molecule has 0 bridgehead atoms. The average Bonchev–Trinajstić information content (AvgIpc) is 3.33. The van der Waals surface area contributed by atoms with E-state index in [0.29, 0.717) is 23.5 Å². The number of carbonyl (C=O) groups excluding carboxylic acids is 2. The zero-order chi connectivity index (χ0) is 19.5. The number of aromatic amines is 1. The normalized spacial score (nSPS) is 12.6. The summed E-state index contributed by atoms with van der Waals surface area (Å²) in [5.74, 6) is -0.265. The van der Waals surface area contributed by atoms with Crippen molar-refractivity contribution >= 4 is 34.0 Å². The van der Waals surface area contributed by atoms with Gasteiger partial charge in [0.15, 0.2) is 5.13 Å². The number of H-pyrrole nitrogens is 1. The van der Waals surface area contributed by atoms with E-state index in [2.05, 4.69) is 21.4 Å². The van der Waals surface area contributed by atoms with Crippen LogP contribution in [0.25, 0.3) is 0 Å². The first-order valence-corrected chi connectivity index (χ1v) is 9.81. The predicted molar refractivity (Wildman–Crippen MR) is 108 cm³/mol. The van der Waals surface area contributed by atoms with Crippen LogP contribution in [0.15, 0.2) is 52.8 Å². The second kappa shape index (κ2) is 7.77. The molecular weight excluding hydrogens is 376 g/mol. The van der Waals surface area contributed by atoms with Gasteiger partial charge < -0.3 is 9.88 Å². The Morgan fingerprint density at radius 3 is 2.89 bits per heavy atom. The molecule has 0 unspecified atom stereocenters. The van der Waals surface area contributed by atoms with Crippen molar-refractivity contribution in [2.45, 2.75) is 19.3 Å². The summed E-state index contributed by atoms with van der Waals surface area (Å²) in [5.41, 5.74) is 3.05. The van der Waals surface area contributed by atoms with Crippen molar-refractivity contribution in [1.29, 1.82) is 0 Å². The minimum Gasteiger partial charge on any atom is -0.328 e. The zero-order valence-electron chi connectivity index (χ0n) is 15.0. The molecule has 0 spiro atoms. The number of carbonyl (C=O) groups is 2. The Morgan fingerprint density at radius 2 is 2.07 bits per heavy atom. The van der Waals surface area contributed by atoms with Gasteiger partial charge in [-0.25, -0.2) is 4.98 Å². The maximum absolute atomic E-state index is 12.6. The van der Waals surface area contributed by atoms with Gasteiger partial charge in [-0.1, -0.05) is 18.2 Å². The number of rotatable bonds is 5.